The number of thiophene rings is 1. The lowest BCUT2D eigenvalue weighted by atomic mass is 10.0. The predicted molar refractivity (Wildman–Crippen MR) is 120 cm³/mol. The van der Waals surface area contributed by atoms with Crippen LogP contribution in [0.5, 0.6) is 0 Å². The summed E-state index contributed by atoms with van der Waals surface area (Å²) in [5, 5.41) is 7.66. The number of nitrogens with one attached hydrogen (secondary N) is 2. The number of carbonyl (C=O) groups excluding carboxylic acids is 3. The lowest BCUT2D eigenvalue weighted by Gasteiger charge is -2.25. The fraction of sp³-hybridized carbons (Fsp3) is 0.208. The summed E-state index contributed by atoms with van der Waals surface area (Å²) < 4.78 is 14.3. The molecule has 0 bridgehead atoms. The molecule has 32 heavy (non-hydrogen) atoms. The van der Waals surface area contributed by atoms with E-state index in [0.717, 1.165) is 4.88 Å². The van der Waals surface area contributed by atoms with E-state index in [4.69, 9.17) is 0 Å². The van der Waals surface area contributed by atoms with E-state index in [1.165, 1.54) is 22.3 Å². The van der Waals surface area contributed by atoms with Crippen LogP contribution in [0, 0.1) is 5.82 Å². The van der Waals surface area contributed by atoms with Gasteiger partial charge in [0.2, 0.25) is 11.8 Å². The van der Waals surface area contributed by atoms with Gasteiger partial charge in [0.15, 0.2) is 0 Å². The number of hydrogen-bond donors (Lipinski definition) is 2. The van der Waals surface area contributed by atoms with Crippen LogP contribution < -0.4 is 10.6 Å². The zero-order valence-corrected chi connectivity index (χ0v) is 17.8. The van der Waals surface area contributed by atoms with Crippen LogP contribution in [-0.2, 0) is 16.0 Å². The summed E-state index contributed by atoms with van der Waals surface area (Å²) in [5.41, 5.74) is 1.64. The van der Waals surface area contributed by atoms with Gasteiger partial charge in [0.05, 0.1) is 23.7 Å². The molecule has 8 heteroatoms. The molecule has 2 aromatic carbocycles. The molecule has 2 aliphatic rings. The van der Waals surface area contributed by atoms with E-state index < -0.39 is 12.1 Å². The van der Waals surface area contributed by atoms with Crippen LogP contribution in [-0.4, -0.2) is 41.2 Å². The summed E-state index contributed by atoms with van der Waals surface area (Å²) in [6, 6.07) is 13.8. The molecule has 2 atom stereocenters. The maximum Gasteiger partial charge on any atom is 0.256 e. The minimum Gasteiger partial charge on any atom is -0.350 e. The van der Waals surface area contributed by atoms with Gasteiger partial charge < -0.3 is 15.5 Å². The van der Waals surface area contributed by atoms with Gasteiger partial charge in [-0.1, -0.05) is 30.3 Å². The Morgan fingerprint density at radius 3 is 2.75 bits per heavy atom. The van der Waals surface area contributed by atoms with Crippen molar-refractivity contribution in [2.45, 2.75) is 24.9 Å². The summed E-state index contributed by atoms with van der Waals surface area (Å²) in [6.07, 6.45) is 0.727. The van der Waals surface area contributed by atoms with Crippen molar-refractivity contribution in [2.75, 3.05) is 11.9 Å². The van der Waals surface area contributed by atoms with Crippen molar-refractivity contribution in [3.8, 4) is 11.1 Å². The van der Waals surface area contributed by atoms with E-state index in [2.05, 4.69) is 10.6 Å². The monoisotopic (exact) mass is 449 g/mol. The molecule has 5 rings (SSSR count). The Hall–Kier alpha value is -3.52. The van der Waals surface area contributed by atoms with Crippen molar-refractivity contribution in [1.82, 2.24) is 10.2 Å². The smallest absolute Gasteiger partial charge is 0.256 e. The average molecular weight is 450 g/mol. The van der Waals surface area contributed by atoms with Gasteiger partial charge in [0.1, 0.15) is 11.9 Å². The second kappa shape index (κ2) is 8.20. The third-order valence-electron chi connectivity index (χ3n) is 5.88. The number of anilines is 1. The van der Waals surface area contributed by atoms with Gasteiger partial charge in [-0.15, -0.1) is 11.3 Å². The summed E-state index contributed by atoms with van der Waals surface area (Å²) in [7, 11) is 0. The molecule has 0 radical (unpaired) electrons. The molecule has 2 aliphatic heterocycles. The number of carbonyl (C=O) groups is 3. The first-order chi connectivity index (χ1) is 15.5. The molecular formula is C24H20FN3O3S. The first-order valence-corrected chi connectivity index (χ1v) is 11.2. The molecule has 162 valence electrons. The molecule has 2 N–H and O–H groups in total. The van der Waals surface area contributed by atoms with Crippen molar-refractivity contribution in [3.63, 3.8) is 0 Å². The van der Waals surface area contributed by atoms with Crippen molar-refractivity contribution >= 4 is 34.7 Å². The Morgan fingerprint density at radius 2 is 1.97 bits per heavy atom. The third-order valence-corrected chi connectivity index (χ3v) is 6.76. The van der Waals surface area contributed by atoms with E-state index in [0.29, 0.717) is 35.3 Å². The highest BCUT2D eigenvalue weighted by Gasteiger charge is 2.45. The highest BCUT2D eigenvalue weighted by atomic mass is 32.1. The van der Waals surface area contributed by atoms with Crippen molar-refractivity contribution in [3.05, 3.63) is 76.2 Å². The maximum absolute atomic E-state index is 14.3. The van der Waals surface area contributed by atoms with Gasteiger partial charge in [-0.25, -0.2) is 4.39 Å². The van der Waals surface area contributed by atoms with E-state index in [1.54, 1.807) is 36.4 Å². The summed E-state index contributed by atoms with van der Waals surface area (Å²) >= 11 is 1.50. The van der Waals surface area contributed by atoms with E-state index in [1.807, 2.05) is 17.5 Å². The average Bonchev–Trinajstić information content (AvgIpc) is 3.42. The molecule has 0 aliphatic carbocycles. The van der Waals surface area contributed by atoms with Crippen LogP contribution in [0.2, 0.25) is 0 Å². The van der Waals surface area contributed by atoms with E-state index in [-0.39, 0.29) is 30.0 Å². The number of rotatable bonds is 4. The molecule has 0 unspecified atom stereocenters. The second-order valence-corrected chi connectivity index (χ2v) is 8.92. The number of benzene rings is 2. The van der Waals surface area contributed by atoms with Crippen LogP contribution in [0.25, 0.3) is 11.1 Å². The Kier molecular flexibility index (Phi) is 5.22. The molecule has 6 nitrogen and oxygen atoms in total. The zero-order chi connectivity index (χ0) is 22.2. The number of hydrogen-bond acceptors (Lipinski definition) is 4. The first-order valence-electron chi connectivity index (χ1n) is 10.3. The molecule has 1 saturated heterocycles. The molecular weight excluding hydrogens is 429 g/mol. The fourth-order valence-electron chi connectivity index (χ4n) is 4.38. The Morgan fingerprint density at radius 1 is 1.12 bits per heavy atom. The normalized spacial score (nSPS) is 19.7. The van der Waals surface area contributed by atoms with Gasteiger partial charge in [-0.05, 0) is 41.6 Å². The predicted octanol–water partition coefficient (Wildman–Crippen LogP) is 3.45. The molecule has 0 saturated carbocycles. The number of fused-ring (bicyclic) bond motifs is 2. The second-order valence-electron chi connectivity index (χ2n) is 7.89. The van der Waals surface area contributed by atoms with Crippen LogP contribution in [0.4, 0.5) is 10.1 Å². The van der Waals surface area contributed by atoms with Crippen LogP contribution in [0.3, 0.4) is 0 Å². The lowest BCUT2D eigenvalue weighted by molar-refractivity contribution is -0.123. The zero-order valence-electron chi connectivity index (χ0n) is 17.0. The summed E-state index contributed by atoms with van der Waals surface area (Å²) in [4.78, 5) is 41.3. The van der Waals surface area contributed by atoms with E-state index in [9.17, 15) is 18.8 Å². The van der Waals surface area contributed by atoms with Crippen LogP contribution in [0.1, 0.15) is 21.7 Å². The SMILES string of the molecule is O=C(Cc1cccs1)N[C@H]1CCN2C(=O)c3cc(-c4ccccc4F)ccc3NC(=O)[C@H]12. The summed E-state index contributed by atoms with van der Waals surface area (Å²) in [5.74, 6) is -1.21. The fourth-order valence-corrected chi connectivity index (χ4v) is 5.08. The molecule has 1 fully saturated rings. The first kappa shape index (κ1) is 20.4. The number of halogens is 1. The van der Waals surface area contributed by atoms with Crippen LogP contribution >= 0.6 is 11.3 Å². The van der Waals surface area contributed by atoms with Crippen molar-refractivity contribution in [2.24, 2.45) is 0 Å². The topological polar surface area (TPSA) is 78.5 Å². The van der Waals surface area contributed by atoms with Crippen LogP contribution in [0.15, 0.2) is 60.0 Å². The van der Waals surface area contributed by atoms with Gasteiger partial charge in [0, 0.05) is 17.0 Å². The maximum atomic E-state index is 14.3. The number of amides is 3. The molecule has 3 heterocycles. The Bertz CT molecular complexity index is 1210. The minimum absolute atomic E-state index is 0.178. The Balaban J connectivity index is 1.40. The van der Waals surface area contributed by atoms with Gasteiger partial charge in [-0.2, -0.15) is 0 Å². The molecule has 3 aromatic rings. The lowest BCUT2D eigenvalue weighted by Crippen LogP contribution is -2.51. The van der Waals surface area contributed by atoms with Gasteiger partial charge in [0.25, 0.3) is 5.91 Å². The molecule has 1 aromatic heterocycles. The van der Waals surface area contributed by atoms with Crippen molar-refractivity contribution < 1.29 is 18.8 Å². The quantitative estimate of drug-likeness (QED) is 0.641. The summed E-state index contributed by atoms with van der Waals surface area (Å²) in [6.45, 7) is 0.351. The van der Waals surface area contributed by atoms with Gasteiger partial charge in [-0.3, -0.25) is 14.4 Å². The largest absolute Gasteiger partial charge is 0.350 e. The minimum atomic E-state index is -0.793. The number of nitrogens with zero attached hydrogens (tertiary/aromatic N) is 1. The highest BCUT2D eigenvalue weighted by molar-refractivity contribution is 7.10. The molecule has 0 spiro atoms. The van der Waals surface area contributed by atoms with E-state index >= 15 is 0 Å². The van der Waals surface area contributed by atoms with Gasteiger partial charge >= 0.3 is 0 Å². The van der Waals surface area contributed by atoms with Crippen molar-refractivity contribution in [1.29, 1.82) is 0 Å². The standard InChI is InChI=1S/C24H20FN3O3S/c25-18-6-2-1-5-16(18)14-7-8-19-17(12-14)24(31)28-10-9-20(22(28)23(30)27-19)26-21(29)13-15-4-3-11-32-15/h1-8,11-12,20,22H,9-10,13H2,(H,26,29)(H,27,30)/t20-,22-/m0/s1. The third kappa shape index (κ3) is 3.67. The Labute approximate surface area is 188 Å². The molecule has 3 amide bonds. The highest BCUT2D eigenvalue weighted by Crippen LogP contribution is 2.33.